The molecule has 0 spiro atoms. The van der Waals surface area contributed by atoms with Crippen molar-refractivity contribution in [2.45, 2.75) is 17.7 Å². The molecule has 6 nitrogen and oxygen atoms in total. The molecule has 4 aromatic rings. The molecule has 1 N–H and O–H groups in total. The number of hydrogen-bond donors (Lipinski definition) is 1. The smallest absolute Gasteiger partial charge is 0.264 e. The number of sulfonamides is 1. The van der Waals surface area contributed by atoms with E-state index in [1.807, 2.05) is 12.1 Å². The number of para-hydroxylation sites is 1. The predicted molar refractivity (Wildman–Crippen MR) is 135 cm³/mol. The van der Waals surface area contributed by atoms with E-state index >= 15 is 0 Å². The van der Waals surface area contributed by atoms with Crippen molar-refractivity contribution in [1.29, 1.82) is 0 Å². The molecule has 4 aromatic carbocycles. The highest BCUT2D eigenvalue weighted by Crippen LogP contribution is 2.32. The fourth-order valence-electron chi connectivity index (χ4n) is 4.35. The summed E-state index contributed by atoms with van der Waals surface area (Å²) in [6.07, 6.45) is 3.68. The Hall–Kier alpha value is -3.97. The Labute approximate surface area is 198 Å². The summed E-state index contributed by atoms with van der Waals surface area (Å²) in [5.41, 5.74) is 6.45. The topological polar surface area (TPSA) is 78.8 Å². The molecule has 0 heterocycles. The zero-order valence-corrected chi connectivity index (χ0v) is 19.2. The van der Waals surface area contributed by atoms with E-state index in [0.29, 0.717) is 5.69 Å². The molecule has 0 bridgehead atoms. The Morgan fingerprint density at radius 1 is 0.853 bits per heavy atom. The van der Waals surface area contributed by atoms with Gasteiger partial charge in [-0.05, 0) is 59.0 Å². The third-order valence-corrected chi connectivity index (χ3v) is 7.75. The summed E-state index contributed by atoms with van der Waals surface area (Å²) in [6, 6.07) is 27.0. The molecule has 1 aliphatic rings. The van der Waals surface area contributed by atoms with Crippen LogP contribution in [0.15, 0.2) is 101 Å². The number of hydrazone groups is 1. The van der Waals surface area contributed by atoms with Crippen molar-refractivity contribution >= 4 is 38.6 Å². The lowest BCUT2D eigenvalue weighted by Gasteiger charge is -2.23. The van der Waals surface area contributed by atoms with E-state index < -0.39 is 22.5 Å². The summed E-state index contributed by atoms with van der Waals surface area (Å²) in [4.78, 5) is 12.9. The van der Waals surface area contributed by atoms with Gasteiger partial charge < -0.3 is 0 Å². The molecule has 0 saturated carbocycles. The van der Waals surface area contributed by atoms with Gasteiger partial charge in [0, 0.05) is 5.56 Å². The summed E-state index contributed by atoms with van der Waals surface area (Å²) in [5, 5.41) is 6.49. The third-order valence-electron chi connectivity index (χ3n) is 5.97. The van der Waals surface area contributed by atoms with Crippen LogP contribution in [0, 0.1) is 0 Å². The van der Waals surface area contributed by atoms with Gasteiger partial charge in [0.15, 0.2) is 0 Å². The maximum Gasteiger partial charge on any atom is 0.264 e. The van der Waals surface area contributed by atoms with Crippen molar-refractivity contribution < 1.29 is 13.2 Å². The van der Waals surface area contributed by atoms with Crippen LogP contribution in [0.2, 0.25) is 0 Å². The van der Waals surface area contributed by atoms with E-state index in [1.54, 1.807) is 54.7 Å². The number of anilines is 1. The second kappa shape index (κ2) is 9.11. The van der Waals surface area contributed by atoms with Gasteiger partial charge in [-0.15, -0.1) is 0 Å². The number of benzene rings is 4. The van der Waals surface area contributed by atoms with Crippen LogP contribution in [0.1, 0.15) is 16.7 Å². The predicted octanol–water partition coefficient (Wildman–Crippen LogP) is 4.28. The number of carbonyl (C=O) groups is 1. The maximum atomic E-state index is 13.3. The SMILES string of the molecule is O=C(CN(c1ccccc1)S(=O)(=O)c1ccccc1)N/N=C/c1ccc2c3c(cccc13)CC2. The van der Waals surface area contributed by atoms with Crippen LogP contribution < -0.4 is 9.73 Å². The van der Waals surface area contributed by atoms with Crippen LogP contribution in [0.3, 0.4) is 0 Å². The molecule has 0 aromatic heterocycles. The van der Waals surface area contributed by atoms with Crippen LogP contribution in [0.25, 0.3) is 10.8 Å². The summed E-state index contributed by atoms with van der Waals surface area (Å²) >= 11 is 0. The first-order chi connectivity index (χ1) is 16.5. The highest BCUT2D eigenvalue weighted by Gasteiger charge is 2.26. The number of aryl methyl sites for hydroxylation is 2. The Kier molecular flexibility index (Phi) is 5.86. The van der Waals surface area contributed by atoms with E-state index in [9.17, 15) is 13.2 Å². The molecule has 5 rings (SSSR count). The number of rotatable bonds is 7. The van der Waals surface area contributed by atoms with Crippen molar-refractivity contribution in [2.75, 3.05) is 10.8 Å². The molecule has 170 valence electrons. The Balaban J connectivity index is 1.37. The molecular weight excluding hydrogens is 446 g/mol. The van der Waals surface area contributed by atoms with E-state index in [2.05, 4.69) is 28.7 Å². The molecule has 7 heteroatoms. The van der Waals surface area contributed by atoms with Crippen molar-refractivity contribution in [3.63, 3.8) is 0 Å². The van der Waals surface area contributed by atoms with Crippen LogP contribution in [-0.2, 0) is 27.7 Å². The summed E-state index contributed by atoms with van der Waals surface area (Å²) in [7, 11) is -3.94. The highest BCUT2D eigenvalue weighted by molar-refractivity contribution is 7.92. The molecule has 0 atom stereocenters. The molecular formula is C27H23N3O3S. The largest absolute Gasteiger partial charge is 0.271 e. The van der Waals surface area contributed by atoms with Gasteiger partial charge in [0.25, 0.3) is 15.9 Å². The molecule has 0 unspecified atom stereocenters. The van der Waals surface area contributed by atoms with Gasteiger partial charge in [0.05, 0.1) is 16.8 Å². The van der Waals surface area contributed by atoms with E-state index in [0.717, 1.165) is 28.1 Å². The average molecular weight is 470 g/mol. The quantitative estimate of drug-likeness (QED) is 0.324. The number of amides is 1. The molecule has 1 amide bonds. The summed E-state index contributed by atoms with van der Waals surface area (Å²) < 4.78 is 27.7. The van der Waals surface area contributed by atoms with Gasteiger partial charge in [0.2, 0.25) is 0 Å². The molecule has 0 radical (unpaired) electrons. The zero-order valence-electron chi connectivity index (χ0n) is 18.4. The van der Waals surface area contributed by atoms with Gasteiger partial charge >= 0.3 is 0 Å². The Bertz CT molecular complexity index is 1470. The van der Waals surface area contributed by atoms with E-state index in [-0.39, 0.29) is 4.90 Å². The standard InChI is InChI=1S/C27H23N3O3S/c31-26(29-28-18-22-17-16-21-15-14-20-8-7-13-25(22)27(20)21)19-30(23-9-3-1-4-10-23)34(32,33)24-11-5-2-6-12-24/h1-13,16-18H,14-15,19H2,(H,29,31)/b28-18+. The lowest BCUT2D eigenvalue weighted by atomic mass is 10.0. The molecule has 0 aliphatic heterocycles. The fourth-order valence-corrected chi connectivity index (χ4v) is 5.79. The van der Waals surface area contributed by atoms with E-state index in [4.69, 9.17) is 0 Å². The minimum atomic E-state index is -3.94. The second-order valence-corrected chi connectivity index (χ2v) is 9.97. The minimum Gasteiger partial charge on any atom is -0.271 e. The van der Waals surface area contributed by atoms with Gasteiger partial charge in [0.1, 0.15) is 6.54 Å². The summed E-state index contributed by atoms with van der Waals surface area (Å²) in [6.45, 7) is -0.400. The van der Waals surface area contributed by atoms with Crippen LogP contribution in [0.4, 0.5) is 5.69 Å². The van der Waals surface area contributed by atoms with Gasteiger partial charge in [-0.3, -0.25) is 9.10 Å². The molecule has 34 heavy (non-hydrogen) atoms. The first kappa shape index (κ1) is 21.9. The zero-order chi connectivity index (χ0) is 23.5. The Morgan fingerprint density at radius 2 is 1.53 bits per heavy atom. The van der Waals surface area contributed by atoms with E-state index in [1.165, 1.54) is 28.6 Å². The maximum absolute atomic E-state index is 13.3. The van der Waals surface area contributed by atoms with Crippen LogP contribution in [-0.4, -0.2) is 27.1 Å². The number of nitrogens with zero attached hydrogens (tertiary/aromatic N) is 2. The fraction of sp³-hybridized carbons (Fsp3) is 0.111. The first-order valence-electron chi connectivity index (χ1n) is 11.0. The number of carbonyl (C=O) groups excluding carboxylic acids is 1. The first-order valence-corrected chi connectivity index (χ1v) is 12.5. The second-order valence-electron chi connectivity index (χ2n) is 8.11. The lowest BCUT2D eigenvalue weighted by molar-refractivity contribution is -0.119. The van der Waals surface area contributed by atoms with Crippen molar-refractivity contribution in [3.8, 4) is 0 Å². The third kappa shape index (κ3) is 4.18. The Morgan fingerprint density at radius 3 is 2.26 bits per heavy atom. The highest BCUT2D eigenvalue weighted by atomic mass is 32.2. The van der Waals surface area contributed by atoms with Crippen molar-refractivity contribution in [3.05, 3.63) is 108 Å². The summed E-state index contributed by atoms with van der Waals surface area (Å²) in [5.74, 6) is -0.537. The molecule has 1 aliphatic carbocycles. The number of hydrogen-bond acceptors (Lipinski definition) is 4. The van der Waals surface area contributed by atoms with Crippen molar-refractivity contribution in [1.82, 2.24) is 5.43 Å². The van der Waals surface area contributed by atoms with Crippen LogP contribution in [0.5, 0.6) is 0 Å². The van der Waals surface area contributed by atoms with Gasteiger partial charge in [-0.2, -0.15) is 5.10 Å². The van der Waals surface area contributed by atoms with Crippen LogP contribution >= 0.6 is 0 Å². The molecule has 0 saturated heterocycles. The minimum absolute atomic E-state index is 0.114. The van der Waals surface area contributed by atoms with Gasteiger partial charge in [-0.25, -0.2) is 13.8 Å². The molecule has 0 fully saturated rings. The average Bonchev–Trinajstić information content (AvgIpc) is 3.29. The van der Waals surface area contributed by atoms with Gasteiger partial charge in [-0.1, -0.05) is 66.7 Å². The monoisotopic (exact) mass is 469 g/mol. The van der Waals surface area contributed by atoms with Crippen molar-refractivity contribution in [2.24, 2.45) is 5.10 Å². The number of nitrogens with one attached hydrogen (secondary N) is 1. The lowest BCUT2D eigenvalue weighted by Crippen LogP contribution is -2.39. The normalized spacial score (nSPS) is 12.8.